The van der Waals surface area contributed by atoms with Crippen LogP contribution in [-0.2, 0) is 0 Å². The van der Waals surface area contributed by atoms with Gasteiger partial charge in [-0.1, -0.05) is 84.9 Å². The van der Waals surface area contributed by atoms with Crippen LogP contribution in [0, 0.1) is 13.8 Å². The Kier molecular flexibility index (Phi) is 5.14. The van der Waals surface area contributed by atoms with E-state index in [1.165, 1.54) is 22.3 Å². The van der Waals surface area contributed by atoms with Gasteiger partial charge < -0.3 is 0 Å². The second kappa shape index (κ2) is 7.30. The first kappa shape index (κ1) is 14.1. The molecule has 20 heavy (non-hydrogen) atoms. The zero-order valence-electron chi connectivity index (χ0n) is 12.1. The lowest BCUT2D eigenvalue weighted by atomic mass is 10.1. The van der Waals surface area contributed by atoms with Crippen LogP contribution in [0.4, 0.5) is 0 Å². The van der Waals surface area contributed by atoms with Crippen molar-refractivity contribution < 1.29 is 0 Å². The number of rotatable bonds is 1. The average Bonchev–Trinajstić information content (AvgIpc) is 2.53. The molecule has 3 aromatic carbocycles. The van der Waals surface area contributed by atoms with E-state index in [1.54, 1.807) is 0 Å². The van der Waals surface area contributed by atoms with E-state index >= 15 is 0 Å². The Morgan fingerprint density at radius 3 is 1.00 bits per heavy atom. The Bertz CT molecular complexity index is 566. The molecule has 0 aliphatic rings. The molecular formula is C20H20. The van der Waals surface area contributed by atoms with Crippen molar-refractivity contribution in [3.8, 4) is 11.1 Å². The van der Waals surface area contributed by atoms with Gasteiger partial charge in [0.15, 0.2) is 0 Å². The number of hydrogen-bond donors (Lipinski definition) is 0. The van der Waals surface area contributed by atoms with Crippen molar-refractivity contribution >= 4 is 0 Å². The summed E-state index contributed by atoms with van der Waals surface area (Å²) in [6.45, 7) is 4.24. The molecule has 0 fully saturated rings. The van der Waals surface area contributed by atoms with Crippen molar-refractivity contribution in [1.82, 2.24) is 0 Å². The van der Waals surface area contributed by atoms with E-state index in [4.69, 9.17) is 0 Å². The van der Waals surface area contributed by atoms with Gasteiger partial charge in [0, 0.05) is 0 Å². The molecule has 0 atom stereocenters. The molecule has 0 saturated heterocycles. The smallest absolute Gasteiger partial charge is 0.0184 e. The Morgan fingerprint density at radius 1 is 0.400 bits per heavy atom. The highest BCUT2D eigenvalue weighted by Crippen LogP contribution is 2.17. The van der Waals surface area contributed by atoms with Gasteiger partial charge in [0.25, 0.3) is 0 Å². The van der Waals surface area contributed by atoms with Gasteiger partial charge in [-0.15, -0.1) is 0 Å². The van der Waals surface area contributed by atoms with E-state index in [-0.39, 0.29) is 0 Å². The van der Waals surface area contributed by atoms with Gasteiger partial charge in [-0.05, 0) is 36.1 Å². The predicted molar refractivity (Wildman–Crippen MR) is 87.8 cm³/mol. The van der Waals surface area contributed by atoms with Crippen molar-refractivity contribution in [2.45, 2.75) is 13.8 Å². The van der Waals surface area contributed by atoms with Crippen LogP contribution in [0.1, 0.15) is 11.1 Å². The van der Waals surface area contributed by atoms with E-state index in [1.807, 2.05) is 12.1 Å². The Morgan fingerprint density at radius 2 is 0.700 bits per heavy atom. The third-order valence-corrected chi connectivity index (χ3v) is 3.31. The number of aryl methyl sites for hydroxylation is 2. The molecule has 0 nitrogen and oxygen atoms in total. The van der Waals surface area contributed by atoms with Gasteiger partial charge in [-0.25, -0.2) is 0 Å². The van der Waals surface area contributed by atoms with Crippen LogP contribution >= 0.6 is 0 Å². The Hall–Kier alpha value is -2.34. The van der Waals surface area contributed by atoms with Crippen molar-refractivity contribution in [2.75, 3.05) is 0 Å². The second-order valence-corrected chi connectivity index (χ2v) is 4.82. The highest BCUT2D eigenvalue weighted by atomic mass is 14.0. The third-order valence-electron chi connectivity index (χ3n) is 3.31. The minimum Gasteiger partial charge on any atom is -0.0622 e. The normalized spacial score (nSPS) is 9.50. The van der Waals surface area contributed by atoms with Crippen LogP contribution in [0.5, 0.6) is 0 Å². The molecule has 0 N–H and O–H groups in total. The summed E-state index contributed by atoms with van der Waals surface area (Å²) in [7, 11) is 0. The number of benzene rings is 3. The lowest BCUT2D eigenvalue weighted by Crippen LogP contribution is -1.74. The molecule has 3 rings (SSSR count). The van der Waals surface area contributed by atoms with Gasteiger partial charge >= 0.3 is 0 Å². The maximum absolute atomic E-state index is 2.12. The molecule has 0 heteroatoms. The summed E-state index contributed by atoms with van der Waals surface area (Å²) in [5.41, 5.74) is 5.29. The maximum Gasteiger partial charge on any atom is -0.0184 e. The average molecular weight is 260 g/mol. The zero-order valence-corrected chi connectivity index (χ0v) is 12.1. The molecule has 0 amide bonds. The topological polar surface area (TPSA) is 0 Å². The molecular weight excluding hydrogens is 240 g/mol. The fourth-order valence-electron chi connectivity index (χ4n) is 1.92. The van der Waals surface area contributed by atoms with Gasteiger partial charge in [0.2, 0.25) is 0 Å². The summed E-state index contributed by atoms with van der Waals surface area (Å²) in [5.74, 6) is 0. The summed E-state index contributed by atoms with van der Waals surface area (Å²) >= 11 is 0. The first-order valence-electron chi connectivity index (χ1n) is 6.90. The maximum atomic E-state index is 2.12. The van der Waals surface area contributed by atoms with Crippen molar-refractivity contribution in [3.63, 3.8) is 0 Å². The van der Waals surface area contributed by atoms with Gasteiger partial charge in [0.05, 0.1) is 0 Å². The molecule has 3 aromatic rings. The third kappa shape index (κ3) is 4.10. The van der Waals surface area contributed by atoms with Crippen molar-refractivity contribution in [3.05, 3.63) is 96.1 Å². The first-order chi connectivity index (χ1) is 9.77. The summed E-state index contributed by atoms with van der Waals surface area (Å²) in [5, 5.41) is 0. The highest BCUT2D eigenvalue weighted by molar-refractivity contribution is 5.62. The zero-order chi connectivity index (χ0) is 14.2. The van der Waals surface area contributed by atoms with E-state index < -0.39 is 0 Å². The molecule has 0 radical (unpaired) electrons. The van der Waals surface area contributed by atoms with Gasteiger partial charge in [-0.3, -0.25) is 0 Å². The van der Waals surface area contributed by atoms with E-state index in [2.05, 4.69) is 86.6 Å². The van der Waals surface area contributed by atoms with Crippen molar-refractivity contribution in [1.29, 1.82) is 0 Å². The van der Waals surface area contributed by atoms with Crippen molar-refractivity contribution in [2.24, 2.45) is 0 Å². The molecule has 0 bridgehead atoms. The quantitative estimate of drug-likeness (QED) is 0.530. The fraction of sp³-hybridized carbons (Fsp3) is 0.100. The molecule has 100 valence electrons. The second-order valence-electron chi connectivity index (χ2n) is 4.82. The predicted octanol–water partition coefficient (Wildman–Crippen LogP) is 5.66. The summed E-state index contributed by atoms with van der Waals surface area (Å²) in [6.07, 6.45) is 0. The minimum atomic E-state index is 1.28. The summed E-state index contributed by atoms with van der Waals surface area (Å²) in [4.78, 5) is 0. The van der Waals surface area contributed by atoms with Crippen LogP contribution in [0.2, 0.25) is 0 Å². The highest BCUT2D eigenvalue weighted by Gasteiger charge is 1.91. The Labute approximate surface area is 121 Å². The molecule has 0 aliphatic carbocycles. The minimum absolute atomic E-state index is 1.28. The fourth-order valence-corrected chi connectivity index (χ4v) is 1.92. The van der Waals surface area contributed by atoms with E-state index in [0.717, 1.165) is 0 Å². The van der Waals surface area contributed by atoms with E-state index in [9.17, 15) is 0 Å². The van der Waals surface area contributed by atoms with Crippen LogP contribution in [0.3, 0.4) is 0 Å². The summed E-state index contributed by atoms with van der Waals surface area (Å²) in [6, 6.07) is 29.1. The van der Waals surface area contributed by atoms with Crippen LogP contribution in [0.25, 0.3) is 11.1 Å². The Balaban J connectivity index is 0.000000160. The SMILES string of the molecule is Cc1ccccc1C.c1ccc(-c2ccccc2)cc1. The largest absolute Gasteiger partial charge is 0.0622 e. The monoisotopic (exact) mass is 260 g/mol. The first-order valence-corrected chi connectivity index (χ1v) is 6.90. The number of hydrogen-bond acceptors (Lipinski definition) is 0. The van der Waals surface area contributed by atoms with Gasteiger partial charge in [-0.2, -0.15) is 0 Å². The molecule has 0 saturated carbocycles. The lowest BCUT2D eigenvalue weighted by molar-refractivity contribution is 1.34. The van der Waals surface area contributed by atoms with E-state index in [0.29, 0.717) is 0 Å². The summed E-state index contributed by atoms with van der Waals surface area (Å²) < 4.78 is 0. The lowest BCUT2D eigenvalue weighted by Gasteiger charge is -1.98. The molecule has 0 spiro atoms. The standard InChI is InChI=1S/C12H10.C8H10/c1-3-7-11(8-4-1)12-9-5-2-6-10-12;1-7-5-3-4-6-8(7)2/h1-10H;3-6H,1-2H3. The van der Waals surface area contributed by atoms with Crippen LogP contribution < -0.4 is 0 Å². The molecule has 0 unspecified atom stereocenters. The molecule has 0 aromatic heterocycles. The molecule has 0 aliphatic heterocycles. The molecule has 0 heterocycles. The van der Waals surface area contributed by atoms with Crippen LogP contribution in [-0.4, -0.2) is 0 Å². The van der Waals surface area contributed by atoms with Crippen LogP contribution in [0.15, 0.2) is 84.9 Å². The van der Waals surface area contributed by atoms with Gasteiger partial charge in [0.1, 0.15) is 0 Å².